The molecule has 0 aliphatic carbocycles. The van der Waals surface area contributed by atoms with Crippen molar-refractivity contribution in [2.45, 2.75) is 51.0 Å². The Morgan fingerprint density at radius 3 is 1.81 bits per heavy atom. The number of carbonyl (C=O) groups excluding carboxylic acids is 3. The Labute approximate surface area is 162 Å². The first-order chi connectivity index (χ1) is 12.5. The minimum atomic E-state index is -1.43. The number of nitrogens with one attached hydrogen (secondary N) is 3. The van der Waals surface area contributed by atoms with Crippen LogP contribution in [0.5, 0.6) is 0 Å². The molecular weight excluding hydrogens is 380 g/mol. The fraction of sp³-hybridized carbons (Fsp3) is 0.733. The van der Waals surface area contributed by atoms with Crippen LogP contribution in [0.4, 0.5) is 0 Å². The second-order valence-electron chi connectivity index (χ2n) is 6.33. The van der Waals surface area contributed by atoms with Gasteiger partial charge in [0.15, 0.2) is 0 Å². The van der Waals surface area contributed by atoms with Crippen molar-refractivity contribution in [3.05, 3.63) is 0 Å². The summed E-state index contributed by atoms with van der Waals surface area (Å²) >= 11 is 3.85. The van der Waals surface area contributed by atoms with Crippen molar-refractivity contribution >= 4 is 36.3 Å². The van der Waals surface area contributed by atoms with Crippen molar-refractivity contribution in [1.82, 2.24) is 16.0 Å². The van der Waals surface area contributed by atoms with Gasteiger partial charge in [0.1, 0.15) is 24.2 Å². The van der Waals surface area contributed by atoms with Crippen LogP contribution < -0.4 is 21.7 Å². The number of nitrogens with two attached hydrogens (primary N) is 1. The summed E-state index contributed by atoms with van der Waals surface area (Å²) in [7, 11) is 0. The summed E-state index contributed by atoms with van der Waals surface area (Å²) in [5.74, 6) is -4.32. The highest BCUT2D eigenvalue weighted by molar-refractivity contribution is 7.80. The van der Waals surface area contributed by atoms with Gasteiger partial charge in [-0.2, -0.15) is 12.6 Å². The zero-order chi connectivity index (χ0) is 21.3. The fourth-order valence-electron chi connectivity index (χ4n) is 1.97. The van der Waals surface area contributed by atoms with E-state index in [9.17, 15) is 24.3 Å². The zero-order valence-electron chi connectivity index (χ0n) is 15.4. The molecule has 8 N–H and O–H groups in total. The number of aliphatic hydroxyl groups is 2. The van der Waals surface area contributed by atoms with Crippen molar-refractivity contribution < 1.29 is 34.5 Å². The molecule has 0 bridgehead atoms. The summed E-state index contributed by atoms with van der Waals surface area (Å²) in [4.78, 5) is 47.6. The highest BCUT2D eigenvalue weighted by Gasteiger charge is 2.33. The number of carboxylic acids is 1. The lowest BCUT2D eigenvalue weighted by Crippen LogP contribution is -2.61. The van der Waals surface area contributed by atoms with Crippen molar-refractivity contribution in [2.24, 2.45) is 11.7 Å². The van der Waals surface area contributed by atoms with E-state index in [4.69, 9.17) is 15.9 Å². The Balaban J connectivity index is 5.24. The molecule has 11 nitrogen and oxygen atoms in total. The molecule has 0 aromatic rings. The number of aliphatic hydroxyl groups excluding tert-OH is 2. The molecule has 0 saturated carbocycles. The van der Waals surface area contributed by atoms with E-state index in [1.807, 2.05) is 0 Å². The molecule has 12 heteroatoms. The van der Waals surface area contributed by atoms with Crippen molar-refractivity contribution in [3.8, 4) is 0 Å². The lowest BCUT2D eigenvalue weighted by atomic mass is 10.0. The molecule has 0 rings (SSSR count). The van der Waals surface area contributed by atoms with Crippen LogP contribution in [0.25, 0.3) is 0 Å². The van der Waals surface area contributed by atoms with Gasteiger partial charge in [0.2, 0.25) is 17.7 Å². The van der Waals surface area contributed by atoms with Crippen LogP contribution in [0.2, 0.25) is 0 Å². The second-order valence-corrected chi connectivity index (χ2v) is 6.69. The number of carbonyl (C=O) groups is 4. The first-order valence-electron chi connectivity index (χ1n) is 8.25. The van der Waals surface area contributed by atoms with Crippen molar-refractivity contribution in [2.75, 3.05) is 12.4 Å². The van der Waals surface area contributed by atoms with Crippen LogP contribution in [0, 0.1) is 5.92 Å². The molecular formula is C15H28N4O7S. The molecule has 3 amide bonds. The maximum atomic E-state index is 12.4. The van der Waals surface area contributed by atoms with Crippen LogP contribution >= 0.6 is 12.6 Å². The van der Waals surface area contributed by atoms with Gasteiger partial charge in [-0.25, -0.2) is 4.79 Å². The Kier molecular flexibility index (Phi) is 10.9. The highest BCUT2D eigenvalue weighted by Crippen LogP contribution is 2.05. The lowest BCUT2D eigenvalue weighted by molar-refractivity contribution is -0.142. The standard InChI is InChI=1S/C15H28N4O7S/c1-6(2)10(13(23)17-9(5-27)15(25)26)18-14(24)11(7(3)21)19-12(22)8(16)4-20/h6-11,20-21,27H,4-5,16H2,1-3H3,(H,17,23)(H,18,24)(H,19,22)(H,25,26). The molecule has 0 spiro atoms. The zero-order valence-corrected chi connectivity index (χ0v) is 16.3. The minimum absolute atomic E-state index is 0.148. The number of carboxylic acid groups (broad SMARTS) is 1. The molecule has 0 aliphatic rings. The summed E-state index contributed by atoms with van der Waals surface area (Å²) in [5, 5.41) is 34.5. The van der Waals surface area contributed by atoms with Gasteiger partial charge >= 0.3 is 5.97 Å². The maximum Gasteiger partial charge on any atom is 0.327 e. The van der Waals surface area contributed by atoms with Gasteiger partial charge in [-0.15, -0.1) is 0 Å². The van der Waals surface area contributed by atoms with Gasteiger partial charge < -0.3 is 37.0 Å². The predicted octanol–water partition coefficient (Wildman–Crippen LogP) is -3.19. The largest absolute Gasteiger partial charge is 0.480 e. The Morgan fingerprint density at radius 1 is 0.963 bits per heavy atom. The number of amides is 3. The van der Waals surface area contributed by atoms with Gasteiger partial charge in [-0.1, -0.05) is 13.8 Å². The molecule has 5 unspecified atom stereocenters. The van der Waals surface area contributed by atoms with E-state index in [1.165, 1.54) is 6.92 Å². The van der Waals surface area contributed by atoms with Crippen LogP contribution in [0.3, 0.4) is 0 Å². The summed E-state index contributed by atoms with van der Waals surface area (Å²) in [6.45, 7) is 3.84. The number of hydrogen-bond acceptors (Lipinski definition) is 8. The van der Waals surface area contributed by atoms with Gasteiger partial charge in [-0.05, 0) is 12.8 Å². The van der Waals surface area contributed by atoms with Crippen molar-refractivity contribution in [3.63, 3.8) is 0 Å². The van der Waals surface area contributed by atoms with E-state index in [0.29, 0.717) is 0 Å². The molecule has 0 aromatic carbocycles. The van der Waals surface area contributed by atoms with Gasteiger partial charge in [-0.3, -0.25) is 14.4 Å². The topological polar surface area (TPSA) is 191 Å². The minimum Gasteiger partial charge on any atom is -0.480 e. The Hall–Kier alpha value is -1.89. The van der Waals surface area contributed by atoms with E-state index in [0.717, 1.165) is 0 Å². The first-order valence-corrected chi connectivity index (χ1v) is 8.88. The fourth-order valence-corrected chi connectivity index (χ4v) is 2.22. The molecule has 5 atom stereocenters. The molecule has 0 saturated heterocycles. The average Bonchev–Trinajstić information content (AvgIpc) is 2.59. The monoisotopic (exact) mass is 408 g/mol. The van der Waals surface area contributed by atoms with Crippen LogP contribution in [-0.4, -0.2) is 81.6 Å². The molecule has 0 aliphatic heterocycles. The normalized spacial score (nSPS) is 16.6. The molecule has 0 aromatic heterocycles. The van der Waals surface area contributed by atoms with E-state index in [-0.39, 0.29) is 5.75 Å². The van der Waals surface area contributed by atoms with Crippen molar-refractivity contribution in [1.29, 1.82) is 0 Å². The van der Waals surface area contributed by atoms with Gasteiger partial charge in [0.25, 0.3) is 0 Å². The van der Waals surface area contributed by atoms with Crippen LogP contribution in [0.15, 0.2) is 0 Å². The van der Waals surface area contributed by atoms with E-state index in [2.05, 4.69) is 28.6 Å². The first kappa shape index (κ1) is 25.1. The van der Waals surface area contributed by atoms with E-state index < -0.39 is 66.5 Å². The third-order valence-electron chi connectivity index (χ3n) is 3.64. The quantitative estimate of drug-likeness (QED) is 0.164. The molecule has 0 heterocycles. The third kappa shape index (κ3) is 8.12. The molecule has 27 heavy (non-hydrogen) atoms. The Morgan fingerprint density at radius 2 is 1.44 bits per heavy atom. The average molecular weight is 408 g/mol. The van der Waals surface area contributed by atoms with E-state index >= 15 is 0 Å². The van der Waals surface area contributed by atoms with Crippen LogP contribution in [-0.2, 0) is 19.2 Å². The highest BCUT2D eigenvalue weighted by atomic mass is 32.1. The third-order valence-corrected chi connectivity index (χ3v) is 4.01. The molecule has 0 radical (unpaired) electrons. The molecule has 156 valence electrons. The predicted molar refractivity (Wildman–Crippen MR) is 98.9 cm³/mol. The maximum absolute atomic E-state index is 12.4. The SMILES string of the molecule is CC(C)C(NC(=O)C(NC(=O)C(N)CO)C(C)O)C(=O)NC(CS)C(=O)O. The smallest absolute Gasteiger partial charge is 0.327 e. The Bertz CT molecular complexity index is 544. The summed E-state index contributed by atoms with van der Waals surface area (Å²) in [6, 6.07) is -5.07. The molecule has 0 fully saturated rings. The number of aliphatic carboxylic acids is 1. The van der Waals surface area contributed by atoms with Gasteiger partial charge in [0, 0.05) is 5.75 Å². The van der Waals surface area contributed by atoms with Gasteiger partial charge in [0.05, 0.1) is 12.7 Å². The number of rotatable bonds is 11. The summed E-state index contributed by atoms with van der Waals surface area (Å²) in [5.41, 5.74) is 5.36. The number of thiol groups is 1. The second kappa shape index (κ2) is 11.7. The van der Waals surface area contributed by atoms with Crippen LogP contribution in [0.1, 0.15) is 20.8 Å². The number of hydrogen-bond donors (Lipinski definition) is 8. The summed E-state index contributed by atoms with van der Waals surface area (Å²) < 4.78 is 0. The van der Waals surface area contributed by atoms with E-state index in [1.54, 1.807) is 13.8 Å². The summed E-state index contributed by atoms with van der Waals surface area (Å²) in [6.07, 6.45) is -1.32. The lowest BCUT2D eigenvalue weighted by Gasteiger charge is -2.27.